The summed E-state index contributed by atoms with van der Waals surface area (Å²) in [4.78, 5) is 41.8. The third kappa shape index (κ3) is 4.84. The van der Waals surface area contributed by atoms with Gasteiger partial charge in [-0.05, 0) is 48.3 Å². The molecule has 0 spiro atoms. The van der Waals surface area contributed by atoms with Gasteiger partial charge in [-0.25, -0.2) is 0 Å². The lowest BCUT2D eigenvalue weighted by Crippen LogP contribution is -2.46. The molecule has 1 fully saturated rings. The first kappa shape index (κ1) is 25.4. The van der Waals surface area contributed by atoms with Crippen molar-refractivity contribution >= 4 is 51.4 Å². The molecule has 3 amide bonds. The molecule has 194 valence electrons. The number of benzene rings is 3. The predicted octanol–water partition coefficient (Wildman–Crippen LogP) is 4.73. The number of rotatable bonds is 7. The highest BCUT2D eigenvalue weighted by Gasteiger charge is 2.37. The molecule has 5 N–H and O–H groups in total. The van der Waals surface area contributed by atoms with Crippen LogP contribution in [0.15, 0.2) is 66.7 Å². The molecule has 1 aliphatic rings. The number of nitrogens with zero attached hydrogens (tertiary/aromatic N) is 2. The van der Waals surface area contributed by atoms with Gasteiger partial charge < -0.3 is 16.8 Å². The number of primary amides is 1. The molecule has 38 heavy (non-hydrogen) atoms. The summed E-state index contributed by atoms with van der Waals surface area (Å²) in [5.74, 6) is -1.63. The number of hydrogen-bond donors (Lipinski definition) is 3. The number of anilines is 2. The summed E-state index contributed by atoms with van der Waals surface area (Å²) in [6.07, 6.45) is 3.91. The highest BCUT2D eigenvalue weighted by Crippen LogP contribution is 2.37. The van der Waals surface area contributed by atoms with Crippen molar-refractivity contribution in [2.24, 2.45) is 5.73 Å². The summed E-state index contributed by atoms with van der Waals surface area (Å²) in [7, 11) is 0. The molecule has 0 bridgehead atoms. The van der Waals surface area contributed by atoms with E-state index in [1.54, 1.807) is 0 Å². The van der Waals surface area contributed by atoms with Crippen molar-refractivity contribution in [2.45, 2.75) is 44.7 Å². The lowest BCUT2D eigenvalue weighted by Gasteiger charge is -2.33. The highest BCUT2D eigenvalue weighted by molar-refractivity contribution is 7.09. The Labute approximate surface area is 224 Å². The number of carbonyl (C=O) groups excluding carboxylic acids is 3. The molecule has 1 aliphatic carbocycles. The van der Waals surface area contributed by atoms with Crippen molar-refractivity contribution in [3.63, 3.8) is 0 Å². The number of nitrogens with two attached hydrogens (primary N) is 2. The van der Waals surface area contributed by atoms with E-state index >= 15 is 0 Å². The zero-order valence-electron chi connectivity index (χ0n) is 21.0. The fraction of sp³-hybridized carbons (Fsp3) is 0.241. The van der Waals surface area contributed by atoms with E-state index in [0.717, 1.165) is 53.6 Å². The summed E-state index contributed by atoms with van der Waals surface area (Å²) < 4.78 is 4.04. The minimum atomic E-state index is -0.993. The zero-order chi connectivity index (χ0) is 26.8. The minimum absolute atomic E-state index is 0.0508. The average Bonchev–Trinajstić information content (AvgIpc) is 3.57. The van der Waals surface area contributed by atoms with E-state index in [4.69, 9.17) is 11.5 Å². The van der Waals surface area contributed by atoms with Gasteiger partial charge in [0.1, 0.15) is 10.9 Å². The van der Waals surface area contributed by atoms with Gasteiger partial charge in [-0.15, -0.1) is 0 Å². The van der Waals surface area contributed by atoms with Gasteiger partial charge in [0.15, 0.2) is 5.69 Å². The molecule has 1 heterocycles. The Bertz CT molecular complexity index is 1500. The topological polar surface area (TPSA) is 131 Å². The molecular weight excluding hydrogens is 498 g/mol. The summed E-state index contributed by atoms with van der Waals surface area (Å²) in [5.41, 5.74) is 13.6. The SMILES string of the molecule is Cc1ccc(C(C(=O)NC2CCCC2)N(C(=O)c2snc(C(N)=O)c2N)c2cccc3ccccc23)cc1. The quantitative estimate of drug-likeness (QED) is 0.320. The van der Waals surface area contributed by atoms with E-state index in [9.17, 15) is 14.4 Å². The molecule has 1 unspecified atom stereocenters. The molecule has 0 aliphatic heterocycles. The molecule has 1 atom stereocenters. The maximum absolute atomic E-state index is 14.4. The van der Waals surface area contributed by atoms with E-state index in [1.165, 1.54) is 4.90 Å². The Hall–Kier alpha value is -4.24. The third-order valence-electron chi connectivity index (χ3n) is 7.00. The lowest BCUT2D eigenvalue weighted by atomic mass is 9.99. The van der Waals surface area contributed by atoms with Crippen molar-refractivity contribution < 1.29 is 14.4 Å². The largest absolute Gasteiger partial charge is 0.395 e. The second-order valence-electron chi connectivity index (χ2n) is 9.61. The number of carbonyl (C=O) groups is 3. The summed E-state index contributed by atoms with van der Waals surface area (Å²) >= 11 is 0.802. The Morgan fingerprint density at radius 1 is 1.00 bits per heavy atom. The number of nitrogens with one attached hydrogen (secondary N) is 1. The van der Waals surface area contributed by atoms with Crippen LogP contribution in [0.25, 0.3) is 10.8 Å². The summed E-state index contributed by atoms with van der Waals surface area (Å²) in [6.45, 7) is 1.97. The van der Waals surface area contributed by atoms with Gasteiger partial charge in [-0.1, -0.05) is 79.1 Å². The van der Waals surface area contributed by atoms with Crippen molar-refractivity contribution in [1.82, 2.24) is 9.69 Å². The first-order valence-corrected chi connectivity index (χ1v) is 13.4. The number of hydrogen-bond acceptors (Lipinski definition) is 6. The van der Waals surface area contributed by atoms with Gasteiger partial charge in [-0.3, -0.25) is 19.3 Å². The maximum atomic E-state index is 14.4. The normalized spacial score (nSPS) is 14.3. The number of aromatic nitrogens is 1. The van der Waals surface area contributed by atoms with Crippen LogP contribution in [-0.4, -0.2) is 28.1 Å². The van der Waals surface area contributed by atoms with Crippen LogP contribution in [0.4, 0.5) is 11.4 Å². The first-order chi connectivity index (χ1) is 18.3. The van der Waals surface area contributed by atoms with Gasteiger partial charge in [0.2, 0.25) is 5.91 Å². The van der Waals surface area contributed by atoms with Crippen molar-refractivity contribution in [1.29, 1.82) is 0 Å². The predicted molar refractivity (Wildman–Crippen MR) is 150 cm³/mol. The number of fused-ring (bicyclic) bond motifs is 1. The zero-order valence-corrected chi connectivity index (χ0v) is 21.8. The van der Waals surface area contributed by atoms with Crippen LogP contribution in [0.5, 0.6) is 0 Å². The molecule has 0 saturated heterocycles. The molecule has 0 radical (unpaired) electrons. The van der Waals surface area contributed by atoms with Crippen LogP contribution in [0.3, 0.4) is 0 Å². The highest BCUT2D eigenvalue weighted by atomic mass is 32.1. The van der Waals surface area contributed by atoms with Gasteiger partial charge in [0.05, 0.1) is 11.4 Å². The Balaban J connectivity index is 1.71. The molecule has 3 aromatic carbocycles. The van der Waals surface area contributed by atoms with E-state index in [0.29, 0.717) is 11.3 Å². The Morgan fingerprint density at radius 3 is 2.37 bits per heavy atom. The van der Waals surface area contributed by atoms with Crippen molar-refractivity contribution in [3.8, 4) is 0 Å². The average molecular weight is 528 g/mol. The molecule has 9 heteroatoms. The smallest absolute Gasteiger partial charge is 0.273 e. The maximum Gasteiger partial charge on any atom is 0.273 e. The summed E-state index contributed by atoms with van der Waals surface area (Å²) in [6, 6.07) is 19.9. The van der Waals surface area contributed by atoms with E-state index < -0.39 is 17.9 Å². The summed E-state index contributed by atoms with van der Waals surface area (Å²) in [5, 5.41) is 4.90. The van der Waals surface area contributed by atoms with E-state index in [-0.39, 0.29) is 28.2 Å². The van der Waals surface area contributed by atoms with Crippen LogP contribution >= 0.6 is 11.5 Å². The number of aryl methyl sites for hydroxylation is 1. The fourth-order valence-electron chi connectivity index (χ4n) is 5.04. The second kappa shape index (κ2) is 10.6. The van der Waals surface area contributed by atoms with Crippen LogP contribution < -0.4 is 21.7 Å². The number of nitrogen functional groups attached to an aromatic ring is 1. The van der Waals surface area contributed by atoms with Gasteiger partial charge in [0.25, 0.3) is 11.8 Å². The van der Waals surface area contributed by atoms with E-state index in [2.05, 4.69) is 9.69 Å². The molecule has 1 saturated carbocycles. The Morgan fingerprint density at radius 2 is 1.68 bits per heavy atom. The van der Waals surface area contributed by atoms with Crippen LogP contribution in [0.2, 0.25) is 0 Å². The molecule has 1 aromatic heterocycles. The molecule has 4 aromatic rings. The molecule has 5 rings (SSSR count). The van der Waals surface area contributed by atoms with Gasteiger partial charge >= 0.3 is 0 Å². The molecule has 8 nitrogen and oxygen atoms in total. The Kier molecular flexibility index (Phi) is 7.11. The standard InChI is InChI=1S/C29H29N5O3S/c1-17-13-15-19(16-14-17)25(28(36)32-20-9-3-4-10-20)34(22-12-6-8-18-7-2-5-11-21(18)22)29(37)26-23(30)24(27(31)35)33-38-26/h2,5-8,11-16,20,25H,3-4,9-10,30H2,1H3,(H2,31,35)(H,32,36). The fourth-order valence-corrected chi connectivity index (χ4v) is 5.78. The third-order valence-corrected chi connectivity index (χ3v) is 7.85. The number of amides is 3. The van der Waals surface area contributed by atoms with Crippen molar-refractivity contribution in [2.75, 3.05) is 10.6 Å². The van der Waals surface area contributed by atoms with Gasteiger partial charge in [-0.2, -0.15) is 4.37 Å². The minimum Gasteiger partial charge on any atom is -0.395 e. The van der Waals surface area contributed by atoms with Crippen LogP contribution in [0, 0.1) is 6.92 Å². The van der Waals surface area contributed by atoms with E-state index in [1.807, 2.05) is 73.7 Å². The van der Waals surface area contributed by atoms with Gasteiger partial charge in [0, 0.05) is 11.4 Å². The lowest BCUT2D eigenvalue weighted by molar-refractivity contribution is -0.123. The van der Waals surface area contributed by atoms with Crippen LogP contribution in [-0.2, 0) is 4.79 Å². The van der Waals surface area contributed by atoms with Crippen LogP contribution in [0.1, 0.15) is 63.0 Å². The first-order valence-electron chi connectivity index (χ1n) is 12.6. The monoisotopic (exact) mass is 527 g/mol. The molecular formula is C29H29N5O3S. The van der Waals surface area contributed by atoms with Crippen molar-refractivity contribution in [3.05, 3.63) is 88.4 Å². The second-order valence-corrected chi connectivity index (χ2v) is 10.4.